The summed E-state index contributed by atoms with van der Waals surface area (Å²) in [5, 5.41) is 8.89. The quantitative estimate of drug-likeness (QED) is 0.877. The van der Waals surface area contributed by atoms with Gasteiger partial charge in [0.2, 0.25) is 0 Å². The molecule has 2 rings (SSSR count). The molecule has 1 aromatic carbocycles. The fourth-order valence-corrected chi connectivity index (χ4v) is 2.12. The van der Waals surface area contributed by atoms with Gasteiger partial charge in [0, 0.05) is 19.6 Å². The van der Waals surface area contributed by atoms with Gasteiger partial charge in [-0.2, -0.15) is 0 Å². The van der Waals surface area contributed by atoms with Gasteiger partial charge in [-0.05, 0) is 30.5 Å². The lowest BCUT2D eigenvalue weighted by atomic mass is 10.1. The second kappa shape index (κ2) is 5.27. The number of carboxylic acid groups (broad SMARTS) is 1. The summed E-state index contributed by atoms with van der Waals surface area (Å²) in [5.41, 5.74) is 1.28. The Morgan fingerprint density at radius 1 is 1.41 bits per heavy atom. The van der Waals surface area contributed by atoms with E-state index in [9.17, 15) is 9.18 Å². The molecule has 1 aliphatic heterocycles. The summed E-state index contributed by atoms with van der Waals surface area (Å²) in [6.45, 7) is 2.20. The molecule has 1 fully saturated rings. The highest BCUT2D eigenvalue weighted by Gasteiger charge is 2.18. The number of aromatic carboxylic acids is 1. The van der Waals surface area contributed by atoms with Crippen LogP contribution in [0.25, 0.3) is 0 Å². The first-order chi connectivity index (χ1) is 8.15. The Kier molecular flexibility index (Phi) is 3.74. The normalized spacial score (nSPS) is 18.2. The van der Waals surface area contributed by atoms with Gasteiger partial charge in [-0.1, -0.05) is 12.1 Å². The largest absolute Gasteiger partial charge is 0.478 e. The van der Waals surface area contributed by atoms with Crippen molar-refractivity contribution in [3.8, 4) is 0 Å². The zero-order valence-electron chi connectivity index (χ0n) is 9.60. The molecule has 0 aromatic heterocycles. The first kappa shape index (κ1) is 12.0. The van der Waals surface area contributed by atoms with E-state index in [1.54, 1.807) is 18.2 Å². The van der Waals surface area contributed by atoms with Crippen LogP contribution in [0.4, 0.5) is 4.39 Å². The number of carboxylic acids is 1. The maximum atomic E-state index is 13.0. The molecule has 3 nitrogen and oxygen atoms in total. The van der Waals surface area contributed by atoms with Crippen LogP contribution >= 0.6 is 0 Å². The molecule has 4 heteroatoms. The molecule has 0 spiro atoms. The second-order valence-corrected chi connectivity index (χ2v) is 4.46. The molecule has 1 aromatic rings. The molecule has 0 unspecified atom stereocenters. The standard InChI is InChI=1S/C13H16FNO2/c14-12-4-6-15(7-5-12)9-10-2-1-3-11(8-10)13(16)17/h1-3,8,12H,4-7,9H2,(H,16,17). The van der Waals surface area contributed by atoms with Crippen LogP contribution in [0, 0.1) is 0 Å². The highest BCUT2D eigenvalue weighted by atomic mass is 19.1. The molecule has 1 aliphatic rings. The molecule has 0 atom stereocenters. The predicted octanol–water partition coefficient (Wildman–Crippen LogP) is 2.32. The number of alkyl halides is 1. The fourth-order valence-electron chi connectivity index (χ4n) is 2.12. The van der Waals surface area contributed by atoms with Gasteiger partial charge in [0.25, 0.3) is 0 Å². The van der Waals surface area contributed by atoms with Gasteiger partial charge in [-0.25, -0.2) is 9.18 Å². The molecular formula is C13H16FNO2. The van der Waals surface area contributed by atoms with Crippen molar-refractivity contribution < 1.29 is 14.3 Å². The smallest absolute Gasteiger partial charge is 0.335 e. The van der Waals surface area contributed by atoms with E-state index in [1.165, 1.54) is 0 Å². The first-order valence-electron chi connectivity index (χ1n) is 5.84. The van der Waals surface area contributed by atoms with Crippen LogP contribution in [0.2, 0.25) is 0 Å². The summed E-state index contributed by atoms with van der Waals surface area (Å²) in [7, 11) is 0. The van der Waals surface area contributed by atoms with Crippen LogP contribution in [0.3, 0.4) is 0 Å². The van der Waals surface area contributed by atoms with E-state index in [1.807, 2.05) is 6.07 Å². The van der Waals surface area contributed by atoms with Crippen LogP contribution in [-0.4, -0.2) is 35.2 Å². The molecule has 1 heterocycles. The van der Waals surface area contributed by atoms with Gasteiger partial charge in [-0.15, -0.1) is 0 Å². The van der Waals surface area contributed by atoms with E-state index in [0.29, 0.717) is 24.9 Å². The first-order valence-corrected chi connectivity index (χ1v) is 5.84. The average molecular weight is 237 g/mol. The van der Waals surface area contributed by atoms with E-state index in [4.69, 9.17) is 5.11 Å². The Labute approximate surface area is 99.9 Å². The molecule has 1 N–H and O–H groups in total. The third-order valence-electron chi connectivity index (χ3n) is 3.10. The van der Waals surface area contributed by atoms with Crippen LogP contribution in [0.15, 0.2) is 24.3 Å². The second-order valence-electron chi connectivity index (χ2n) is 4.46. The number of benzene rings is 1. The van der Waals surface area contributed by atoms with E-state index < -0.39 is 12.1 Å². The number of carbonyl (C=O) groups is 1. The summed E-state index contributed by atoms with van der Waals surface area (Å²) < 4.78 is 13.0. The zero-order chi connectivity index (χ0) is 12.3. The summed E-state index contributed by atoms with van der Waals surface area (Å²) in [5.74, 6) is -0.908. The Balaban J connectivity index is 1.98. The number of likely N-dealkylation sites (tertiary alicyclic amines) is 1. The lowest BCUT2D eigenvalue weighted by Gasteiger charge is -2.28. The summed E-state index contributed by atoms with van der Waals surface area (Å²) in [6.07, 6.45) is 0.494. The molecular weight excluding hydrogens is 221 g/mol. The van der Waals surface area contributed by atoms with Crippen LogP contribution in [-0.2, 0) is 6.54 Å². The molecule has 0 aliphatic carbocycles. The van der Waals surface area contributed by atoms with E-state index in [0.717, 1.165) is 18.7 Å². The SMILES string of the molecule is O=C(O)c1cccc(CN2CCC(F)CC2)c1. The van der Waals surface area contributed by atoms with E-state index >= 15 is 0 Å². The molecule has 0 radical (unpaired) electrons. The molecule has 0 saturated carbocycles. The van der Waals surface area contributed by atoms with Crippen LogP contribution in [0.1, 0.15) is 28.8 Å². The predicted molar refractivity (Wildman–Crippen MR) is 62.8 cm³/mol. The minimum absolute atomic E-state index is 0.308. The maximum Gasteiger partial charge on any atom is 0.335 e. The lowest BCUT2D eigenvalue weighted by molar-refractivity contribution is 0.0696. The highest BCUT2D eigenvalue weighted by molar-refractivity contribution is 5.87. The topological polar surface area (TPSA) is 40.5 Å². The number of halogens is 1. The third-order valence-corrected chi connectivity index (χ3v) is 3.10. The van der Waals surface area contributed by atoms with Crippen molar-refractivity contribution in [1.29, 1.82) is 0 Å². The molecule has 0 amide bonds. The van der Waals surface area contributed by atoms with Crippen LogP contribution in [0.5, 0.6) is 0 Å². The van der Waals surface area contributed by atoms with Gasteiger partial charge in [0.1, 0.15) is 6.17 Å². The van der Waals surface area contributed by atoms with E-state index in [2.05, 4.69) is 4.90 Å². The third kappa shape index (κ3) is 3.27. The van der Waals surface area contributed by atoms with Gasteiger partial charge in [-0.3, -0.25) is 4.90 Å². The Hall–Kier alpha value is -1.42. The minimum atomic E-state index is -0.908. The van der Waals surface area contributed by atoms with Gasteiger partial charge in [0.15, 0.2) is 0 Å². The number of piperidine rings is 1. The monoisotopic (exact) mass is 237 g/mol. The number of nitrogens with zero attached hydrogens (tertiary/aromatic N) is 1. The van der Waals surface area contributed by atoms with Crippen molar-refractivity contribution in [1.82, 2.24) is 4.90 Å². The Morgan fingerprint density at radius 2 is 2.12 bits per heavy atom. The van der Waals surface area contributed by atoms with Gasteiger partial charge < -0.3 is 5.11 Å². The van der Waals surface area contributed by atoms with Crippen molar-refractivity contribution in [3.63, 3.8) is 0 Å². The van der Waals surface area contributed by atoms with Crippen molar-refractivity contribution >= 4 is 5.97 Å². The van der Waals surface area contributed by atoms with Crippen molar-refractivity contribution in [3.05, 3.63) is 35.4 Å². The zero-order valence-corrected chi connectivity index (χ0v) is 9.60. The maximum absolute atomic E-state index is 13.0. The summed E-state index contributed by atoms with van der Waals surface area (Å²) in [4.78, 5) is 13.0. The van der Waals surface area contributed by atoms with Gasteiger partial charge in [0.05, 0.1) is 5.56 Å². The lowest BCUT2D eigenvalue weighted by Crippen LogP contribution is -2.33. The van der Waals surface area contributed by atoms with Crippen LogP contribution < -0.4 is 0 Å². The van der Waals surface area contributed by atoms with Crippen molar-refractivity contribution in [2.45, 2.75) is 25.6 Å². The number of hydrogen-bond donors (Lipinski definition) is 1. The van der Waals surface area contributed by atoms with Crippen molar-refractivity contribution in [2.75, 3.05) is 13.1 Å². The molecule has 92 valence electrons. The Bertz CT molecular complexity index is 400. The average Bonchev–Trinajstić information content (AvgIpc) is 2.32. The molecule has 0 bridgehead atoms. The minimum Gasteiger partial charge on any atom is -0.478 e. The van der Waals surface area contributed by atoms with Crippen molar-refractivity contribution in [2.24, 2.45) is 0 Å². The number of hydrogen-bond acceptors (Lipinski definition) is 2. The van der Waals surface area contributed by atoms with E-state index in [-0.39, 0.29) is 0 Å². The Morgan fingerprint density at radius 3 is 2.76 bits per heavy atom. The highest BCUT2D eigenvalue weighted by Crippen LogP contribution is 2.16. The summed E-state index contributed by atoms with van der Waals surface area (Å²) >= 11 is 0. The van der Waals surface area contributed by atoms with Gasteiger partial charge >= 0.3 is 5.97 Å². The number of rotatable bonds is 3. The molecule has 17 heavy (non-hydrogen) atoms. The molecule has 1 saturated heterocycles. The summed E-state index contributed by atoms with van der Waals surface area (Å²) in [6, 6.07) is 6.93. The fraction of sp³-hybridized carbons (Fsp3) is 0.462.